The average molecular weight is 203 g/mol. The van der Waals surface area contributed by atoms with Crippen LogP contribution in [0, 0.1) is 5.92 Å². The maximum atomic E-state index is 10.8. The fourth-order valence-corrected chi connectivity index (χ4v) is 0.756. The molecule has 1 atom stereocenters. The van der Waals surface area contributed by atoms with Crippen LogP contribution in [-0.4, -0.2) is 25.7 Å². The molecule has 1 aliphatic rings. The lowest BCUT2D eigenvalue weighted by Gasteiger charge is -2.02. The zero-order valence-corrected chi connectivity index (χ0v) is 10.2. The molecule has 1 fully saturated rings. The van der Waals surface area contributed by atoms with Crippen molar-refractivity contribution < 1.29 is 9.53 Å². The third-order valence-corrected chi connectivity index (χ3v) is 1.36. The maximum Gasteiger partial charge on any atom is 0.225 e. The van der Waals surface area contributed by atoms with Crippen LogP contribution in [0.1, 0.15) is 41.0 Å². The fraction of sp³-hybridized carbons (Fsp3) is 0.909. The summed E-state index contributed by atoms with van der Waals surface area (Å²) in [5, 5.41) is 2.73. The molecule has 0 saturated carbocycles. The van der Waals surface area contributed by atoms with Crippen molar-refractivity contribution in [2.45, 2.75) is 41.0 Å². The molecule has 0 radical (unpaired) electrons. The molecule has 86 valence electrons. The highest BCUT2D eigenvalue weighted by Gasteiger charge is 2.14. The van der Waals surface area contributed by atoms with Crippen LogP contribution in [-0.2, 0) is 9.53 Å². The topological polar surface area (TPSA) is 38.3 Å². The van der Waals surface area contributed by atoms with Gasteiger partial charge in [0, 0.05) is 6.54 Å². The molecule has 3 heteroatoms. The molecular weight excluding hydrogens is 178 g/mol. The molecule has 3 nitrogen and oxygen atoms in total. The minimum absolute atomic E-state index is 0.0208. The van der Waals surface area contributed by atoms with Crippen LogP contribution in [0.15, 0.2) is 0 Å². The Kier molecular flexibility index (Phi) is 14.1. The Labute approximate surface area is 88.2 Å². The minimum atomic E-state index is 0.0208. The molecule has 0 spiro atoms. The van der Waals surface area contributed by atoms with E-state index in [0.29, 0.717) is 19.8 Å². The van der Waals surface area contributed by atoms with Crippen molar-refractivity contribution in [2.24, 2.45) is 5.92 Å². The summed E-state index contributed by atoms with van der Waals surface area (Å²) in [6, 6.07) is 0. The summed E-state index contributed by atoms with van der Waals surface area (Å²) in [5.41, 5.74) is 0. The first kappa shape index (κ1) is 15.9. The molecule has 0 aromatic rings. The van der Waals surface area contributed by atoms with Crippen molar-refractivity contribution in [2.75, 3.05) is 19.8 Å². The zero-order chi connectivity index (χ0) is 11.4. The van der Waals surface area contributed by atoms with Gasteiger partial charge >= 0.3 is 0 Å². The number of rotatable bonds is 0. The van der Waals surface area contributed by atoms with Crippen molar-refractivity contribution in [1.29, 1.82) is 0 Å². The van der Waals surface area contributed by atoms with Crippen molar-refractivity contribution in [3.05, 3.63) is 0 Å². The maximum absolute atomic E-state index is 10.8. The zero-order valence-electron chi connectivity index (χ0n) is 10.2. The number of hydrogen-bond acceptors (Lipinski definition) is 2. The van der Waals surface area contributed by atoms with Gasteiger partial charge in [-0.3, -0.25) is 4.79 Å². The number of nitrogens with one attached hydrogen (secondary N) is 1. The van der Waals surface area contributed by atoms with Gasteiger partial charge in [0.1, 0.15) is 0 Å². The Morgan fingerprint density at radius 2 is 1.93 bits per heavy atom. The SMILES string of the molecule is CC.CC1COCCNC1=O.CCC. The van der Waals surface area contributed by atoms with Crippen LogP contribution in [0.2, 0.25) is 0 Å². The molecule has 0 aromatic carbocycles. The molecule has 1 rings (SSSR count). The molecular formula is C11H25NO2. The quantitative estimate of drug-likeness (QED) is 0.655. The predicted molar refractivity (Wildman–Crippen MR) is 60.3 cm³/mol. The Balaban J connectivity index is 0. The first-order chi connectivity index (χ1) is 6.72. The van der Waals surface area contributed by atoms with E-state index in [4.69, 9.17) is 4.74 Å². The lowest BCUT2D eigenvalue weighted by Crippen LogP contribution is -2.28. The van der Waals surface area contributed by atoms with Gasteiger partial charge in [-0.2, -0.15) is 0 Å². The van der Waals surface area contributed by atoms with Crippen LogP contribution in [0.25, 0.3) is 0 Å². The Morgan fingerprint density at radius 1 is 1.43 bits per heavy atom. The summed E-state index contributed by atoms with van der Waals surface area (Å²) in [6.45, 7) is 12.0. The van der Waals surface area contributed by atoms with Crippen molar-refractivity contribution >= 4 is 5.91 Å². The smallest absolute Gasteiger partial charge is 0.225 e. The second kappa shape index (κ2) is 12.4. The monoisotopic (exact) mass is 203 g/mol. The lowest BCUT2D eigenvalue weighted by atomic mass is 10.2. The normalized spacial score (nSPS) is 20.4. The van der Waals surface area contributed by atoms with Gasteiger partial charge in [-0.05, 0) is 0 Å². The Morgan fingerprint density at radius 3 is 2.43 bits per heavy atom. The summed E-state index contributed by atoms with van der Waals surface area (Å²) in [6.07, 6.45) is 1.25. The van der Waals surface area contributed by atoms with E-state index in [1.807, 2.05) is 20.8 Å². The van der Waals surface area contributed by atoms with Gasteiger partial charge in [-0.15, -0.1) is 0 Å². The largest absolute Gasteiger partial charge is 0.379 e. The van der Waals surface area contributed by atoms with E-state index in [-0.39, 0.29) is 11.8 Å². The molecule has 1 unspecified atom stereocenters. The second-order valence-corrected chi connectivity index (χ2v) is 2.97. The van der Waals surface area contributed by atoms with E-state index in [1.165, 1.54) is 6.42 Å². The van der Waals surface area contributed by atoms with E-state index < -0.39 is 0 Å². The summed E-state index contributed by atoms with van der Waals surface area (Å²) in [7, 11) is 0. The van der Waals surface area contributed by atoms with Gasteiger partial charge in [0.2, 0.25) is 5.91 Å². The van der Waals surface area contributed by atoms with E-state index in [0.717, 1.165) is 0 Å². The van der Waals surface area contributed by atoms with Crippen LogP contribution < -0.4 is 5.32 Å². The number of carbonyl (C=O) groups excluding carboxylic acids is 1. The third kappa shape index (κ3) is 9.52. The van der Waals surface area contributed by atoms with Crippen LogP contribution in [0.3, 0.4) is 0 Å². The molecule has 0 aromatic heterocycles. The van der Waals surface area contributed by atoms with Crippen LogP contribution in [0.4, 0.5) is 0 Å². The van der Waals surface area contributed by atoms with Gasteiger partial charge < -0.3 is 10.1 Å². The molecule has 14 heavy (non-hydrogen) atoms. The van der Waals surface area contributed by atoms with Gasteiger partial charge in [0.25, 0.3) is 0 Å². The summed E-state index contributed by atoms with van der Waals surface area (Å²) in [5.74, 6) is 0.125. The van der Waals surface area contributed by atoms with E-state index in [1.54, 1.807) is 0 Å². The van der Waals surface area contributed by atoms with Crippen molar-refractivity contribution in [3.8, 4) is 0 Å². The molecule has 1 saturated heterocycles. The first-order valence-electron chi connectivity index (χ1n) is 5.57. The Hall–Kier alpha value is -0.570. The lowest BCUT2D eigenvalue weighted by molar-refractivity contribution is -0.124. The molecule has 1 amide bonds. The highest BCUT2D eigenvalue weighted by Crippen LogP contribution is 1.97. The molecule has 1 N–H and O–H groups in total. The predicted octanol–water partition coefficient (Wildman–Crippen LogP) is 2.21. The number of ether oxygens (including phenoxy) is 1. The van der Waals surface area contributed by atoms with Gasteiger partial charge in [0.05, 0.1) is 19.1 Å². The molecule has 1 aliphatic heterocycles. The fourth-order valence-electron chi connectivity index (χ4n) is 0.756. The van der Waals surface area contributed by atoms with E-state index in [9.17, 15) is 4.79 Å². The minimum Gasteiger partial charge on any atom is -0.379 e. The van der Waals surface area contributed by atoms with E-state index >= 15 is 0 Å². The van der Waals surface area contributed by atoms with Crippen molar-refractivity contribution in [3.63, 3.8) is 0 Å². The summed E-state index contributed by atoms with van der Waals surface area (Å²) in [4.78, 5) is 10.8. The second-order valence-electron chi connectivity index (χ2n) is 2.97. The standard InChI is InChI=1S/C6H11NO2.C3H8.C2H6/c1-5-4-9-3-2-7-6(5)8;1-3-2;1-2/h5H,2-4H2,1H3,(H,7,8);3H2,1-2H3;1-2H3. The molecule has 0 bridgehead atoms. The highest BCUT2D eigenvalue weighted by molar-refractivity contribution is 5.78. The number of amides is 1. The number of hydrogen-bond donors (Lipinski definition) is 1. The first-order valence-corrected chi connectivity index (χ1v) is 5.57. The molecule has 1 heterocycles. The van der Waals surface area contributed by atoms with Gasteiger partial charge in [-0.1, -0.05) is 41.0 Å². The van der Waals surface area contributed by atoms with Crippen molar-refractivity contribution in [1.82, 2.24) is 5.32 Å². The average Bonchev–Trinajstić information content (AvgIpc) is 2.37. The Bertz CT molecular complexity index is 126. The number of carbonyl (C=O) groups is 1. The van der Waals surface area contributed by atoms with Gasteiger partial charge in [0.15, 0.2) is 0 Å². The molecule has 0 aliphatic carbocycles. The summed E-state index contributed by atoms with van der Waals surface area (Å²) >= 11 is 0. The summed E-state index contributed by atoms with van der Waals surface area (Å²) < 4.78 is 5.09. The van der Waals surface area contributed by atoms with E-state index in [2.05, 4.69) is 19.2 Å². The highest BCUT2D eigenvalue weighted by atomic mass is 16.5. The van der Waals surface area contributed by atoms with Crippen LogP contribution >= 0.6 is 0 Å². The third-order valence-electron chi connectivity index (χ3n) is 1.36. The van der Waals surface area contributed by atoms with Gasteiger partial charge in [-0.25, -0.2) is 0 Å². The van der Waals surface area contributed by atoms with Crippen LogP contribution in [0.5, 0.6) is 0 Å².